The second kappa shape index (κ2) is 10.1. The number of carbonyl (C=O) groups excluding carboxylic acids is 2. The van der Waals surface area contributed by atoms with Gasteiger partial charge in [0.05, 0.1) is 14.7 Å². The molecule has 0 aromatic rings. The summed E-state index contributed by atoms with van der Waals surface area (Å²) >= 11 is 0. The minimum absolute atomic E-state index is 0.145. The van der Waals surface area contributed by atoms with Crippen LogP contribution in [0, 0.1) is 0 Å². The molecular formula is C13H27NO3Si. The van der Waals surface area contributed by atoms with Crippen LogP contribution in [0.15, 0.2) is 0 Å². The number of esters is 1. The highest BCUT2D eigenvalue weighted by Crippen LogP contribution is 2.24. The summed E-state index contributed by atoms with van der Waals surface area (Å²) in [5.41, 5.74) is 0. The van der Waals surface area contributed by atoms with E-state index in [1.54, 1.807) is 0 Å². The largest absolute Gasteiger partial charge is 0.466 e. The van der Waals surface area contributed by atoms with E-state index in [1.807, 2.05) is 0 Å². The van der Waals surface area contributed by atoms with Gasteiger partial charge in [-0.2, -0.15) is 0 Å². The average Bonchev–Trinajstić information content (AvgIpc) is 2.40. The Balaban J connectivity index is 3.75. The lowest BCUT2D eigenvalue weighted by atomic mass is 10.3. The lowest BCUT2D eigenvalue weighted by Gasteiger charge is -2.27. The molecule has 0 spiro atoms. The molecule has 1 N–H and O–H groups in total. The summed E-state index contributed by atoms with van der Waals surface area (Å²) in [6, 6.07) is 4.87. The number of rotatable bonds is 11. The number of amides is 1. The van der Waals surface area contributed by atoms with Crippen LogP contribution in [-0.2, 0) is 14.3 Å². The van der Waals surface area contributed by atoms with Crippen molar-refractivity contribution in [1.29, 1.82) is 0 Å². The Bertz CT molecular complexity index is 234. The maximum Gasteiger partial charge on any atom is 0.305 e. The van der Waals surface area contributed by atoms with Crippen molar-refractivity contribution >= 4 is 20.5 Å². The van der Waals surface area contributed by atoms with Gasteiger partial charge in [-0.3, -0.25) is 9.59 Å². The van der Waals surface area contributed by atoms with E-state index in [0.29, 0.717) is 32.4 Å². The molecule has 0 heterocycles. The van der Waals surface area contributed by atoms with Crippen molar-refractivity contribution < 1.29 is 14.3 Å². The average molecular weight is 273 g/mol. The van der Waals surface area contributed by atoms with Gasteiger partial charge in [-0.05, 0) is 12.5 Å². The fraction of sp³-hybridized carbons (Fsp3) is 0.846. The quantitative estimate of drug-likeness (QED) is 0.272. The van der Waals surface area contributed by atoms with Gasteiger partial charge in [0.15, 0.2) is 0 Å². The maximum atomic E-state index is 11.4. The zero-order valence-electron chi connectivity index (χ0n) is 12.0. The summed E-state index contributed by atoms with van der Waals surface area (Å²) in [4.78, 5) is 21.4. The second-order valence-corrected chi connectivity index (χ2v) is 10.3. The van der Waals surface area contributed by atoms with Gasteiger partial charge in [-0.25, -0.2) is 0 Å². The second-order valence-electron chi connectivity index (χ2n) is 4.71. The molecule has 0 fully saturated rings. The van der Waals surface area contributed by atoms with Gasteiger partial charge < -0.3 is 10.1 Å². The van der Waals surface area contributed by atoms with Crippen LogP contribution in [0.1, 0.15) is 33.6 Å². The van der Waals surface area contributed by atoms with Gasteiger partial charge >= 0.3 is 5.97 Å². The predicted octanol–water partition coefficient (Wildman–Crippen LogP) is 2.56. The van der Waals surface area contributed by atoms with Crippen molar-refractivity contribution in [3.8, 4) is 0 Å². The third-order valence-electron chi connectivity index (χ3n) is 3.93. The topological polar surface area (TPSA) is 55.4 Å². The summed E-state index contributed by atoms with van der Waals surface area (Å²) < 4.78 is 5.26. The van der Waals surface area contributed by atoms with Gasteiger partial charge in [0.1, 0.15) is 0 Å². The Kier molecular flexibility index (Phi) is 9.64. The standard InChI is InChI=1S/C13H27NO3Si/c1-4-18(5-2,6-3)11-10-17-13(16)8-7-9-14-12-15/h12H,4-11H2,1-3H3,(H,14,15). The molecule has 0 saturated heterocycles. The Morgan fingerprint density at radius 3 is 2.33 bits per heavy atom. The fourth-order valence-corrected chi connectivity index (χ4v) is 5.22. The molecule has 0 bridgehead atoms. The summed E-state index contributed by atoms with van der Waals surface area (Å²) in [7, 11) is -1.16. The van der Waals surface area contributed by atoms with Gasteiger partial charge in [0.25, 0.3) is 0 Å². The number of hydrogen-bond donors (Lipinski definition) is 1. The number of ether oxygens (including phenoxy) is 1. The Labute approximate surface area is 111 Å². The van der Waals surface area contributed by atoms with Gasteiger partial charge in [0.2, 0.25) is 6.41 Å². The Morgan fingerprint density at radius 2 is 1.83 bits per heavy atom. The lowest BCUT2D eigenvalue weighted by Crippen LogP contribution is -2.32. The highest BCUT2D eigenvalue weighted by molar-refractivity contribution is 6.79. The normalized spacial score (nSPS) is 11.1. The minimum Gasteiger partial charge on any atom is -0.466 e. The van der Waals surface area contributed by atoms with Crippen LogP contribution < -0.4 is 5.32 Å². The molecule has 4 nitrogen and oxygen atoms in total. The van der Waals surface area contributed by atoms with Crippen LogP contribution in [-0.4, -0.2) is 33.6 Å². The highest BCUT2D eigenvalue weighted by Gasteiger charge is 2.26. The first-order valence-corrected chi connectivity index (χ1v) is 9.79. The molecule has 0 aromatic carbocycles. The van der Waals surface area contributed by atoms with Crippen LogP contribution in [0.25, 0.3) is 0 Å². The van der Waals surface area contributed by atoms with Gasteiger partial charge in [-0.1, -0.05) is 38.9 Å². The summed E-state index contributed by atoms with van der Waals surface area (Å²) in [6.07, 6.45) is 1.68. The monoisotopic (exact) mass is 273 g/mol. The van der Waals surface area contributed by atoms with E-state index in [9.17, 15) is 9.59 Å². The molecule has 0 aromatic heterocycles. The molecule has 0 rings (SSSR count). The molecule has 18 heavy (non-hydrogen) atoms. The van der Waals surface area contributed by atoms with Gasteiger partial charge in [0, 0.05) is 13.0 Å². The zero-order chi connectivity index (χ0) is 13.9. The van der Waals surface area contributed by atoms with Crippen LogP contribution in [0.5, 0.6) is 0 Å². The summed E-state index contributed by atoms with van der Waals surface area (Å²) in [6.45, 7) is 7.88. The van der Waals surface area contributed by atoms with E-state index >= 15 is 0 Å². The van der Waals surface area contributed by atoms with E-state index in [1.165, 1.54) is 18.1 Å². The molecule has 0 aliphatic rings. The fourth-order valence-electron chi connectivity index (χ4n) is 2.13. The van der Waals surface area contributed by atoms with Crippen LogP contribution >= 0.6 is 0 Å². The van der Waals surface area contributed by atoms with Crippen molar-refractivity contribution in [1.82, 2.24) is 5.32 Å². The van der Waals surface area contributed by atoms with E-state index in [-0.39, 0.29) is 5.97 Å². The van der Waals surface area contributed by atoms with Crippen LogP contribution in [0.2, 0.25) is 24.2 Å². The molecule has 0 radical (unpaired) electrons. The maximum absolute atomic E-state index is 11.4. The molecule has 0 unspecified atom stereocenters. The number of carbonyl (C=O) groups is 2. The molecule has 0 aliphatic carbocycles. The van der Waals surface area contributed by atoms with E-state index in [2.05, 4.69) is 26.1 Å². The van der Waals surface area contributed by atoms with Crippen LogP contribution in [0.4, 0.5) is 0 Å². The SMILES string of the molecule is CC[Si](CC)(CC)CCOC(=O)CCCNC=O. The first-order chi connectivity index (χ1) is 8.64. The predicted molar refractivity (Wildman–Crippen MR) is 76.3 cm³/mol. The highest BCUT2D eigenvalue weighted by atomic mass is 28.3. The number of hydrogen-bond acceptors (Lipinski definition) is 3. The lowest BCUT2D eigenvalue weighted by molar-refractivity contribution is -0.143. The third-order valence-corrected chi connectivity index (χ3v) is 9.70. The molecule has 106 valence electrons. The van der Waals surface area contributed by atoms with Crippen molar-refractivity contribution in [3.63, 3.8) is 0 Å². The first kappa shape index (κ1) is 17.2. The minimum atomic E-state index is -1.16. The Morgan fingerprint density at radius 1 is 1.22 bits per heavy atom. The molecule has 1 amide bonds. The third kappa shape index (κ3) is 6.79. The van der Waals surface area contributed by atoms with Crippen LogP contribution in [0.3, 0.4) is 0 Å². The zero-order valence-corrected chi connectivity index (χ0v) is 13.0. The number of nitrogens with one attached hydrogen (secondary N) is 1. The van der Waals surface area contributed by atoms with E-state index < -0.39 is 8.07 Å². The van der Waals surface area contributed by atoms with Crippen molar-refractivity contribution in [2.45, 2.75) is 57.8 Å². The van der Waals surface area contributed by atoms with E-state index in [0.717, 1.165) is 6.04 Å². The van der Waals surface area contributed by atoms with Crippen molar-refractivity contribution in [3.05, 3.63) is 0 Å². The molecular weight excluding hydrogens is 246 g/mol. The van der Waals surface area contributed by atoms with Crippen molar-refractivity contribution in [2.24, 2.45) is 0 Å². The molecule has 5 heteroatoms. The first-order valence-electron chi connectivity index (χ1n) is 6.96. The summed E-state index contributed by atoms with van der Waals surface area (Å²) in [5.74, 6) is -0.145. The van der Waals surface area contributed by atoms with E-state index in [4.69, 9.17) is 4.74 Å². The smallest absolute Gasteiger partial charge is 0.305 e. The molecule has 0 saturated carbocycles. The van der Waals surface area contributed by atoms with Gasteiger partial charge in [-0.15, -0.1) is 0 Å². The Hall–Kier alpha value is -0.843. The van der Waals surface area contributed by atoms with Crippen molar-refractivity contribution in [2.75, 3.05) is 13.2 Å². The molecule has 0 aliphatic heterocycles. The summed E-state index contributed by atoms with van der Waals surface area (Å²) in [5, 5.41) is 2.53. The molecule has 0 atom stereocenters.